The first-order valence-electron chi connectivity index (χ1n) is 5.55. The van der Waals surface area contributed by atoms with E-state index in [4.69, 9.17) is 21.7 Å². The highest BCUT2D eigenvalue weighted by atomic mass is 35.5. The van der Waals surface area contributed by atoms with Crippen LogP contribution in [-0.4, -0.2) is 12.9 Å². The first kappa shape index (κ1) is 13.4. The minimum Gasteiger partial charge on any atom is -0.497 e. The Morgan fingerprint density at radius 2 is 1.89 bits per heavy atom. The number of anilines is 1. The maximum absolute atomic E-state index is 13.0. The first-order valence-corrected chi connectivity index (χ1v) is 5.93. The van der Waals surface area contributed by atoms with Gasteiger partial charge in [0.15, 0.2) is 0 Å². The molecular weight excluding hydrogens is 267 g/mol. The van der Waals surface area contributed by atoms with Crippen LogP contribution in [0, 0.1) is 11.2 Å². The second-order valence-electron chi connectivity index (χ2n) is 3.86. The first-order chi connectivity index (χ1) is 9.10. The summed E-state index contributed by atoms with van der Waals surface area (Å²) in [5.74, 6) is 0.440. The Morgan fingerprint density at radius 3 is 2.47 bits per heavy atom. The molecule has 2 N–H and O–H groups in total. The van der Waals surface area contributed by atoms with Crippen molar-refractivity contribution < 1.29 is 9.13 Å². The molecule has 0 aromatic heterocycles. The molecule has 0 saturated carbocycles. The van der Waals surface area contributed by atoms with Gasteiger partial charge in [0, 0.05) is 11.3 Å². The molecule has 19 heavy (non-hydrogen) atoms. The van der Waals surface area contributed by atoms with E-state index in [1.807, 2.05) is 0 Å². The third-order valence-electron chi connectivity index (χ3n) is 2.57. The SMILES string of the molecule is COc1ccc(C(=N)Nc2ccc(F)c(Cl)c2)cc1. The number of hydrogen-bond donors (Lipinski definition) is 2. The molecule has 2 aromatic carbocycles. The fourth-order valence-electron chi connectivity index (χ4n) is 1.55. The summed E-state index contributed by atoms with van der Waals surface area (Å²) in [6.07, 6.45) is 0. The lowest BCUT2D eigenvalue weighted by Crippen LogP contribution is -2.11. The lowest BCUT2D eigenvalue weighted by atomic mass is 10.2. The van der Waals surface area contributed by atoms with Crippen molar-refractivity contribution in [3.8, 4) is 5.75 Å². The van der Waals surface area contributed by atoms with Crippen LogP contribution in [0.2, 0.25) is 5.02 Å². The zero-order valence-electron chi connectivity index (χ0n) is 10.2. The Morgan fingerprint density at radius 1 is 1.21 bits per heavy atom. The molecule has 0 aliphatic rings. The van der Waals surface area contributed by atoms with Crippen LogP contribution in [-0.2, 0) is 0 Å². The number of amidine groups is 1. The van der Waals surface area contributed by atoms with Crippen LogP contribution in [0.5, 0.6) is 5.75 Å². The predicted molar refractivity (Wildman–Crippen MR) is 74.9 cm³/mol. The molecule has 0 amide bonds. The Kier molecular flexibility index (Phi) is 4.02. The minimum absolute atomic E-state index is 0.0209. The molecule has 3 nitrogen and oxygen atoms in total. The van der Waals surface area contributed by atoms with E-state index in [0.717, 1.165) is 5.75 Å². The quantitative estimate of drug-likeness (QED) is 0.660. The molecule has 0 fully saturated rings. The molecule has 0 heterocycles. The summed E-state index contributed by atoms with van der Waals surface area (Å²) in [6, 6.07) is 11.3. The summed E-state index contributed by atoms with van der Waals surface area (Å²) in [7, 11) is 1.58. The van der Waals surface area contributed by atoms with Crippen molar-refractivity contribution in [1.29, 1.82) is 5.41 Å². The minimum atomic E-state index is -0.483. The molecule has 0 aliphatic carbocycles. The van der Waals surface area contributed by atoms with Gasteiger partial charge in [-0.25, -0.2) is 4.39 Å². The average Bonchev–Trinajstić information content (AvgIpc) is 2.43. The topological polar surface area (TPSA) is 45.1 Å². The summed E-state index contributed by atoms with van der Waals surface area (Å²) >= 11 is 5.68. The van der Waals surface area contributed by atoms with Crippen LogP contribution < -0.4 is 10.1 Å². The van der Waals surface area contributed by atoms with Gasteiger partial charge >= 0.3 is 0 Å². The zero-order chi connectivity index (χ0) is 13.8. The molecule has 0 unspecified atom stereocenters. The van der Waals surface area contributed by atoms with Crippen molar-refractivity contribution in [2.45, 2.75) is 0 Å². The van der Waals surface area contributed by atoms with Crippen LogP contribution >= 0.6 is 11.6 Å². The third kappa shape index (κ3) is 3.23. The van der Waals surface area contributed by atoms with E-state index in [-0.39, 0.29) is 10.9 Å². The van der Waals surface area contributed by atoms with E-state index < -0.39 is 5.82 Å². The number of rotatable bonds is 3. The highest BCUT2D eigenvalue weighted by Crippen LogP contribution is 2.20. The number of halogens is 2. The number of ether oxygens (including phenoxy) is 1. The van der Waals surface area contributed by atoms with E-state index in [0.29, 0.717) is 11.3 Å². The molecule has 2 rings (SSSR count). The summed E-state index contributed by atoms with van der Waals surface area (Å²) in [6.45, 7) is 0. The number of nitrogens with one attached hydrogen (secondary N) is 2. The Hall–Kier alpha value is -2.07. The van der Waals surface area contributed by atoms with E-state index >= 15 is 0 Å². The lowest BCUT2D eigenvalue weighted by Gasteiger charge is -2.09. The molecule has 0 aliphatic heterocycles. The van der Waals surface area contributed by atoms with Gasteiger partial charge in [-0.05, 0) is 42.5 Å². The number of benzene rings is 2. The Labute approximate surface area is 115 Å². The number of hydrogen-bond acceptors (Lipinski definition) is 2. The fourth-order valence-corrected chi connectivity index (χ4v) is 1.73. The van der Waals surface area contributed by atoms with Gasteiger partial charge in [0.1, 0.15) is 17.4 Å². The van der Waals surface area contributed by atoms with Gasteiger partial charge in [-0.3, -0.25) is 5.41 Å². The monoisotopic (exact) mass is 278 g/mol. The highest BCUT2D eigenvalue weighted by Gasteiger charge is 2.05. The average molecular weight is 279 g/mol. The maximum Gasteiger partial charge on any atom is 0.141 e. The second kappa shape index (κ2) is 5.71. The molecule has 2 aromatic rings. The lowest BCUT2D eigenvalue weighted by molar-refractivity contribution is 0.415. The summed E-state index contributed by atoms with van der Waals surface area (Å²) in [5, 5.41) is 10.8. The van der Waals surface area contributed by atoms with Crippen molar-refractivity contribution in [3.05, 3.63) is 58.9 Å². The van der Waals surface area contributed by atoms with Crippen LogP contribution in [0.1, 0.15) is 5.56 Å². The van der Waals surface area contributed by atoms with Gasteiger partial charge in [0.25, 0.3) is 0 Å². The zero-order valence-corrected chi connectivity index (χ0v) is 11.0. The van der Waals surface area contributed by atoms with E-state index in [9.17, 15) is 4.39 Å². The second-order valence-corrected chi connectivity index (χ2v) is 4.26. The molecule has 98 valence electrons. The van der Waals surface area contributed by atoms with Gasteiger partial charge in [-0.15, -0.1) is 0 Å². The molecule has 5 heteroatoms. The molecule has 0 saturated heterocycles. The van der Waals surface area contributed by atoms with Gasteiger partial charge in [-0.1, -0.05) is 11.6 Å². The molecular formula is C14H12ClFN2O. The number of methoxy groups -OCH3 is 1. The maximum atomic E-state index is 13.0. The van der Waals surface area contributed by atoms with E-state index in [1.165, 1.54) is 18.2 Å². The summed E-state index contributed by atoms with van der Waals surface area (Å²) < 4.78 is 18.1. The molecule has 0 bridgehead atoms. The summed E-state index contributed by atoms with van der Waals surface area (Å²) in [4.78, 5) is 0. The smallest absolute Gasteiger partial charge is 0.141 e. The van der Waals surface area contributed by atoms with Crippen molar-refractivity contribution in [2.24, 2.45) is 0 Å². The fraction of sp³-hybridized carbons (Fsp3) is 0.0714. The van der Waals surface area contributed by atoms with Gasteiger partial charge < -0.3 is 10.1 Å². The predicted octanol–water partition coefficient (Wildman–Crippen LogP) is 3.93. The van der Waals surface area contributed by atoms with Crippen LogP contribution in [0.3, 0.4) is 0 Å². The van der Waals surface area contributed by atoms with Crippen molar-refractivity contribution >= 4 is 23.1 Å². The Bertz CT molecular complexity index is 599. The van der Waals surface area contributed by atoms with Crippen molar-refractivity contribution in [1.82, 2.24) is 0 Å². The summed E-state index contributed by atoms with van der Waals surface area (Å²) in [5.41, 5.74) is 1.26. The highest BCUT2D eigenvalue weighted by molar-refractivity contribution is 6.31. The van der Waals surface area contributed by atoms with Crippen LogP contribution in [0.25, 0.3) is 0 Å². The van der Waals surface area contributed by atoms with E-state index in [2.05, 4.69) is 5.32 Å². The van der Waals surface area contributed by atoms with Crippen LogP contribution in [0.4, 0.5) is 10.1 Å². The van der Waals surface area contributed by atoms with Crippen molar-refractivity contribution in [2.75, 3.05) is 12.4 Å². The third-order valence-corrected chi connectivity index (χ3v) is 2.86. The largest absolute Gasteiger partial charge is 0.497 e. The Balaban J connectivity index is 2.13. The normalized spacial score (nSPS) is 10.1. The van der Waals surface area contributed by atoms with E-state index in [1.54, 1.807) is 31.4 Å². The molecule has 0 radical (unpaired) electrons. The molecule has 0 spiro atoms. The van der Waals surface area contributed by atoms with Gasteiger partial charge in [0.05, 0.1) is 12.1 Å². The van der Waals surface area contributed by atoms with Crippen LogP contribution in [0.15, 0.2) is 42.5 Å². The standard InChI is InChI=1S/C14H12ClFN2O/c1-19-11-5-2-9(3-6-11)14(17)18-10-4-7-13(16)12(15)8-10/h2-8H,1H3,(H2,17,18). The molecule has 0 atom stereocenters. The van der Waals surface area contributed by atoms with Gasteiger partial charge in [0.2, 0.25) is 0 Å². The van der Waals surface area contributed by atoms with Crippen molar-refractivity contribution in [3.63, 3.8) is 0 Å². The van der Waals surface area contributed by atoms with Gasteiger partial charge in [-0.2, -0.15) is 0 Å².